The number of rotatable bonds is 4. The lowest BCUT2D eigenvalue weighted by atomic mass is 10.0. The molecule has 78 valence electrons. The van der Waals surface area contributed by atoms with Crippen LogP contribution < -0.4 is 5.32 Å². The first-order chi connectivity index (χ1) is 6.69. The van der Waals surface area contributed by atoms with Crippen molar-refractivity contribution >= 4 is 34.8 Å². The van der Waals surface area contributed by atoms with Crippen LogP contribution in [0.1, 0.15) is 18.0 Å². The van der Waals surface area contributed by atoms with Crippen LogP contribution in [0.15, 0.2) is 18.2 Å². The Morgan fingerprint density at radius 1 is 1.36 bits per heavy atom. The zero-order valence-corrected chi connectivity index (χ0v) is 10.1. The van der Waals surface area contributed by atoms with E-state index in [0.717, 1.165) is 12.0 Å². The molecule has 0 saturated carbocycles. The van der Waals surface area contributed by atoms with E-state index < -0.39 is 0 Å². The monoisotopic (exact) mass is 251 g/mol. The summed E-state index contributed by atoms with van der Waals surface area (Å²) in [5.41, 5.74) is 1.04. The van der Waals surface area contributed by atoms with Crippen LogP contribution in [-0.2, 0) is 0 Å². The average molecular weight is 253 g/mol. The lowest BCUT2D eigenvalue weighted by Crippen LogP contribution is -2.17. The molecule has 1 aromatic rings. The Labute approximate surface area is 99.4 Å². The summed E-state index contributed by atoms with van der Waals surface area (Å²) in [4.78, 5) is 0. The van der Waals surface area contributed by atoms with E-state index in [9.17, 15) is 0 Å². The van der Waals surface area contributed by atoms with Gasteiger partial charge in [0, 0.05) is 22.0 Å². The smallest absolute Gasteiger partial charge is 0.0468 e. The molecule has 0 aliphatic rings. The molecule has 0 amide bonds. The second-order valence-electron chi connectivity index (χ2n) is 2.98. The fourth-order valence-corrected chi connectivity index (χ4v) is 2.11. The lowest BCUT2D eigenvalue weighted by molar-refractivity contribution is 0.580. The van der Waals surface area contributed by atoms with Crippen LogP contribution in [0.2, 0.25) is 10.0 Å². The minimum absolute atomic E-state index is 0.192. The van der Waals surface area contributed by atoms with Gasteiger partial charge in [-0.1, -0.05) is 29.3 Å². The summed E-state index contributed by atoms with van der Waals surface area (Å²) < 4.78 is 0. The zero-order valence-electron chi connectivity index (χ0n) is 7.86. The standard InChI is InChI=1S/C10H12Cl3N/c1-14-10(4-5-11)8-3-2-7(12)6-9(8)13/h2-3,6,10,14H,4-5H2,1H3. The van der Waals surface area contributed by atoms with Gasteiger partial charge in [-0.05, 0) is 31.2 Å². The molecule has 0 fully saturated rings. The van der Waals surface area contributed by atoms with Crippen molar-refractivity contribution in [3.8, 4) is 0 Å². The Morgan fingerprint density at radius 2 is 2.07 bits per heavy atom. The van der Waals surface area contributed by atoms with E-state index in [-0.39, 0.29) is 6.04 Å². The quantitative estimate of drug-likeness (QED) is 0.802. The number of nitrogens with one attached hydrogen (secondary N) is 1. The third-order valence-electron chi connectivity index (χ3n) is 2.08. The number of alkyl halides is 1. The molecule has 1 N–H and O–H groups in total. The van der Waals surface area contributed by atoms with Crippen LogP contribution in [0, 0.1) is 0 Å². The highest BCUT2D eigenvalue weighted by Crippen LogP contribution is 2.27. The molecule has 0 bridgehead atoms. The van der Waals surface area contributed by atoms with Gasteiger partial charge >= 0.3 is 0 Å². The highest BCUT2D eigenvalue weighted by Gasteiger charge is 2.11. The summed E-state index contributed by atoms with van der Waals surface area (Å²) in [6.45, 7) is 0. The third kappa shape index (κ3) is 3.03. The zero-order chi connectivity index (χ0) is 10.6. The molecule has 0 saturated heterocycles. The molecule has 4 heteroatoms. The normalized spacial score (nSPS) is 12.9. The summed E-state index contributed by atoms with van der Waals surface area (Å²) in [7, 11) is 1.89. The van der Waals surface area contributed by atoms with E-state index in [1.807, 2.05) is 19.2 Å². The molecule has 1 nitrogen and oxygen atoms in total. The number of hydrogen-bond donors (Lipinski definition) is 1. The first kappa shape index (κ1) is 12.1. The highest BCUT2D eigenvalue weighted by molar-refractivity contribution is 6.35. The summed E-state index contributed by atoms with van der Waals surface area (Å²) in [5, 5.41) is 4.50. The molecule has 1 unspecified atom stereocenters. The Hall–Kier alpha value is 0.0500. The molecule has 1 rings (SSSR count). The maximum absolute atomic E-state index is 6.07. The summed E-state index contributed by atoms with van der Waals surface area (Å²) >= 11 is 17.6. The number of benzene rings is 1. The second-order valence-corrected chi connectivity index (χ2v) is 4.21. The molecule has 14 heavy (non-hydrogen) atoms. The van der Waals surface area contributed by atoms with E-state index in [4.69, 9.17) is 34.8 Å². The molecule has 0 aliphatic carbocycles. The van der Waals surface area contributed by atoms with E-state index in [1.165, 1.54) is 0 Å². The van der Waals surface area contributed by atoms with E-state index in [2.05, 4.69) is 5.32 Å². The first-order valence-corrected chi connectivity index (χ1v) is 5.66. The van der Waals surface area contributed by atoms with Crippen molar-refractivity contribution in [3.63, 3.8) is 0 Å². The molecule has 0 aromatic heterocycles. The van der Waals surface area contributed by atoms with Crippen molar-refractivity contribution in [2.75, 3.05) is 12.9 Å². The summed E-state index contributed by atoms with van der Waals surface area (Å²) in [5.74, 6) is 0.602. The fraction of sp³-hybridized carbons (Fsp3) is 0.400. The Bertz CT molecular complexity index is 301. The number of hydrogen-bond acceptors (Lipinski definition) is 1. The first-order valence-electron chi connectivity index (χ1n) is 4.37. The van der Waals surface area contributed by atoms with Gasteiger partial charge in [0.05, 0.1) is 0 Å². The average Bonchev–Trinajstić information content (AvgIpc) is 2.15. The van der Waals surface area contributed by atoms with Gasteiger partial charge in [0.2, 0.25) is 0 Å². The van der Waals surface area contributed by atoms with Crippen molar-refractivity contribution < 1.29 is 0 Å². The van der Waals surface area contributed by atoms with Crippen molar-refractivity contribution in [2.24, 2.45) is 0 Å². The van der Waals surface area contributed by atoms with Crippen molar-refractivity contribution in [1.29, 1.82) is 0 Å². The minimum Gasteiger partial charge on any atom is -0.313 e. The topological polar surface area (TPSA) is 12.0 Å². The minimum atomic E-state index is 0.192. The maximum Gasteiger partial charge on any atom is 0.0468 e. The molecule has 1 aromatic carbocycles. The Kier molecular flexibility index (Phi) is 5.04. The lowest BCUT2D eigenvalue weighted by Gasteiger charge is -2.16. The second kappa shape index (κ2) is 5.82. The molecule has 0 spiro atoms. The third-order valence-corrected chi connectivity index (χ3v) is 2.86. The maximum atomic E-state index is 6.07. The Morgan fingerprint density at radius 3 is 2.57 bits per heavy atom. The largest absolute Gasteiger partial charge is 0.313 e. The number of halogens is 3. The molecule has 0 radical (unpaired) electrons. The van der Waals surface area contributed by atoms with E-state index >= 15 is 0 Å². The predicted molar refractivity (Wildman–Crippen MR) is 63.6 cm³/mol. The van der Waals surface area contributed by atoms with Crippen LogP contribution >= 0.6 is 34.8 Å². The van der Waals surface area contributed by atoms with Crippen molar-refractivity contribution in [3.05, 3.63) is 33.8 Å². The van der Waals surface area contributed by atoms with Crippen LogP contribution in [0.4, 0.5) is 0 Å². The van der Waals surface area contributed by atoms with Crippen LogP contribution in [0.25, 0.3) is 0 Å². The SMILES string of the molecule is CNC(CCCl)c1ccc(Cl)cc1Cl. The van der Waals surface area contributed by atoms with Gasteiger partial charge in [-0.2, -0.15) is 0 Å². The molecule has 1 atom stereocenters. The van der Waals surface area contributed by atoms with Gasteiger partial charge in [0.25, 0.3) is 0 Å². The summed E-state index contributed by atoms with van der Waals surface area (Å²) in [6, 6.07) is 5.70. The fourth-order valence-electron chi connectivity index (χ4n) is 1.35. The predicted octanol–water partition coefficient (Wildman–Crippen LogP) is 3.88. The van der Waals surface area contributed by atoms with Crippen LogP contribution in [0.3, 0.4) is 0 Å². The highest BCUT2D eigenvalue weighted by atomic mass is 35.5. The summed E-state index contributed by atoms with van der Waals surface area (Å²) in [6.07, 6.45) is 0.847. The molecular weight excluding hydrogens is 240 g/mol. The van der Waals surface area contributed by atoms with Crippen molar-refractivity contribution in [2.45, 2.75) is 12.5 Å². The van der Waals surface area contributed by atoms with Gasteiger partial charge in [0.15, 0.2) is 0 Å². The van der Waals surface area contributed by atoms with Crippen LogP contribution in [-0.4, -0.2) is 12.9 Å². The van der Waals surface area contributed by atoms with Crippen LogP contribution in [0.5, 0.6) is 0 Å². The van der Waals surface area contributed by atoms with Gasteiger partial charge in [-0.25, -0.2) is 0 Å². The molecule has 0 heterocycles. The van der Waals surface area contributed by atoms with E-state index in [1.54, 1.807) is 6.07 Å². The van der Waals surface area contributed by atoms with Gasteiger partial charge in [0.1, 0.15) is 0 Å². The molecular formula is C10H12Cl3N. The van der Waals surface area contributed by atoms with Gasteiger partial charge < -0.3 is 5.32 Å². The molecule has 0 aliphatic heterocycles. The van der Waals surface area contributed by atoms with Gasteiger partial charge in [-0.15, -0.1) is 11.6 Å². The van der Waals surface area contributed by atoms with Gasteiger partial charge in [-0.3, -0.25) is 0 Å². The van der Waals surface area contributed by atoms with Crippen molar-refractivity contribution in [1.82, 2.24) is 5.32 Å². The Balaban J connectivity index is 2.92. The van der Waals surface area contributed by atoms with E-state index in [0.29, 0.717) is 15.9 Å².